The molecule has 3 heteroatoms. The van der Waals surface area contributed by atoms with E-state index in [0.717, 1.165) is 11.4 Å². The molecule has 2 aromatic rings. The van der Waals surface area contributed by atoms with E-state index in [0.29, 0.717) is 0 Å². The number of anilines is 2. The maximum Gasteiger partial charge on any atom is 0.0493 e. The lowest BCUT2D eigenvalue weighted by molar-refractivity contribution is 1.13. The Bertz CT molecular complexity index is 729. The lowest BCUT2D eigenvalue weighted by atomic mass is 10.0. The molecule has 2 nitrogen and oxygen atoms in total. The fraction of sp³-hybridized carbons (Fsp3) is 0.111. The Kier molecular flexibility index (Phi) is 3.52. The molecule has 1 aliphatic rings. The molecule has 0 saturated heterocycles. The smallest absolute Gasteiger partial charge is 0.0493 e. The van der Waals surface area contributed by atoms with Gasteiger partial charge in [-0.1, -0.05) is 30.0 Å². The number of hydrogen-bond donors (Lipinski definition) is 1. The first kappa shape index (κ1) is 13.8. The largest absolute Gasteiger partial charge is 0.399 e. The van der Waals surface area contributed by atoms with Crippen LogP contribution in [-0.4, -0.2) is 7.05 Å². The molecule has 2 aromatic carbocycles. The number of fused-ring (bicyclic) bond motifs is 1. The van der Waals surface area contributed by atoms with E-state index in [1.54, 1.807) is 11.8 Å². The minimum Gasteiger partial charge on any atom is -0.399 e. The van der Waals surface area contributed by atoms with Gasteiger partial charge in [-0.3, -0.25) is 0 Å². The minimum absolute atomic E-state index is 0.789. The Morgan fingerprint density at radius 3 is 2.52 bits per heavy atom. The molecule has 3 rings (SSSR count). The van der Waals surface area contributed by atoms with Crippen LogP contribution in [0.4, 0.5) is 11.4 Å². The SMILES string of the molecule is C=C1C=C(Sc2ccc(N)cc2)c2cc(C)ccc2N1C. The molecule has 1 heterocycles. The number of nitrogen functional groups attached to an aromatic ring is 1. The Morgan fingerprint density at radius 2 is 1.81 bits per heavy atom. The normalized spacial score (nSPS) is 13.9. The summed E-state index contributed by atoms with van der Waals surface area (Å²) in [5.41, 5.74) is 11.3. The van der Waals surface area contributed by atoms with Gasteiger partial charge in [-0.05, 0) is 49.4 Å². The van der Waals surface area contributed by atoms with Gasteiger partial charge < -0.3 is 10.6 Å². The van der Waals surface area contributed by atoms with Crippen LogP contribution >= 0.6 is 11.8 Å². The van der Waals surface area contributed by atoms with E-state index in [1.165, 1.54) is 26.6 Å². The van der Waals surface area contributed by atoms with Gasteiger partial charge in [0.05, 0.1) is 0 Å². The first-order valence-corrected chi connectivity index (χ1v) is 7.65. The summed E-state index contributed by atoms with van der Waals surface area (Å²) < 4.78 is 0. The lowest BCUT2D eigenvalue weighted by Gasteiger charge is -2.29. The van der Waals surface area contributed by atoms with E-state index in [2.05, 4.69) is 61.9 Å². The van der Waals surface area contributed by atoms with Crippen LogP contribution < -0.4 is 10.6 Å². The van der Waals surface area contributed by atoms with Crippen molar-refractivity contribution in [3.05, 3.63) is 71.9 Å². The number of nitrogens with zero attached hydrogens (tertiary/aromatic N) is 1. The topological polar surface area (TPSA) is 29.3 Å². The summed E-state index contributed by atoms with van der Waals surface area (Å²) >= 11 is 1.75. The minimum atomic E-state index is 0.789. The maximum atomic E-state index is 5.75. The van der Waals surface area contributed by atoms with Gasteiger partial charge in [-0.15, -0.1) is 0 Å². The lowest BCUT2D eigenvalue weighted by Crippen LogP contribution is -2.19. The Labute approximate surface area is 130 Å². The van der Waals surface area contributed by atoms with Crippen molar-refractivity contribution in [3.8, 4) is 0 Å². The fourth-order valence-electron chi connectivity index (χ4n) is 2.37. The third-order valence-electron chi connectivity index (χ3n) is 3.62. The highest BCUT2D eigenvalue weighted by molar-refractivity contribution is 8.08. The van der Waals surface area contributed by atoms with Crippen LogP contribution in [0.3, 0.4) is 0 Å². The summed E-state index contributed by atoms with van der Waals surface area (Å²) in [5, 5.41) is 0. The third-order valence-corrected chi connectivity index (χ3v) is 4.68. The van der Waals surface area contributed by atoms with Crippen LogP contribution in [0, 0.1) is 6.92 Å². The van der Waals surface area contributed by atoms with Crippen LogP contribution in [0.2, 0.25) is 0 Å². The summed E-state index contributed by atoms with van der Waals surface area (Å²) in [6.07, 6.45) is 2.14. The zero-order valence-electron chi connectivity index (χ0n) is 12.3. The highest BCUT2D eigenvalue weighted by Gasteiger charge is 2.19. The molecule has 0 radical (unpaired) electrons. The number of rotatable bonds is 2. The van der Waals surface area contributed by atoms with Crippen LogP contribution in [0.25, 0.3) is 4.91 Å². The molecule has 0 amide bonds. The molecular formula is C18H18N2S. The first-order valence-electron chi connectivity index (χ1n) is 6.83. The Balaban J connectivity index is 2.02. The van der Waals surface area contributed by atoms with Crippen molar-refractivity contribution in [1.82, 2.24) is 0 Å². The van der Waals surface area contributed by atoms with E-state index in [9.17, 15) is 0 Å². The number of likely N-dealkylation sites (N-methyl/N-ethyl adjacent to an activating group) is 1. The molecule has 0 atom stereocenters. The Morgan fingerprint density at radius 1 is 1.10 bits per heavy atom. The van der Waals surface area contributed by atoms with Gasteiger partial charge in [-0.2, -0.15) is 0 Å². The zero-order chi connectivity index (χ0) is 15.0. The number of allylic oxidation sites excluding steroid dienone is 1. The maximum absolute atomic E-state index is 5.75. The van der Waals surface area contributed by atoms with Crippen molar-refractivity contribution >= 4 is 28.0 Å². The molecular weight excluding hydrogens is 276 g/mol. The average Bonchev–Trinajstić information content (AvgIpc) is 2.47. The van der Waals surface area contributed by atoms with Gasteiger partial charge in [0.15, 0.2) is 0 Å². The van der Waals surface area contributed by atoms with Crippen molar-refractivity contribution in [1.29, 1.82) is 0 Å². The summed E-state index contributed by atoms with van der Waals surface area (Å²) in [6, 6.07) is 14.5. The molecule has 2 N–H and O–H groups in total. The molecule has 0 bridgehead atoms. The molecule has 106 valence electrons. The van der Waals surface area contributed by atoms with Gasteiger partial charge in [-0.25, -0.2) is 0 Å². The van der Waals surface area contributed by atoms with Gasteiger partial charge in [0.1, 0.15) is 0 Å². The number of aryl methyl sites for hydroxylation is 1. The standard InChI is InChI=1S/C18H18N2S/c1-12-4-9-17-16(10-12)18(11-13(2)20(17)3)21-15-7-5-14(19)6-8-15/h4-11H,2,19H2,1,3H3. The molecule has 0 aromatic heterocycles. The predicted molar refractivity (Wildman–Crippen MR) is 93.4 cm³/mol. The van der Waals surface area contributed by atoms with Crippen molar-refractivity contribution < 1.29 is 0 Å². The summed E-state index contributed by atoms with van der Waals surface area (Å²) in [7, 11) is 2.05. The molecule has 1 aliphatic heterocycles. The zero-order valence-corrected chi connectivity index (χ0v) is 13.1. The summed E-state index contributed by atoms with van der Waals surface area (Å²) in [6.45, 7) is 6.26. The molecule has 0 spiro atoms. The quantitative estimate of drug-likeness (QED) is 0.816. The number of hydrogen-bond acceptors (Lipinski definition) is 3. The third kappa shape index (κ3) is 2.69. The van der Waals surface area contributed by atoms with Crippen molar-refractivity contribution in [2.24, 2.45) is 0 Å². The molecule has 0 unspecified atom stereocenters. The van der Waals surface area contributed by atoms with Gasteiger partial charge in [0, 0.05) is 39.5 Å². The van der Waals surface area contributed by atoms with Crippen LogP contribution in [0.15, 0.2) is 65.7 Å². The second-order valence-corrected chi connectivity index (χ2v) is 6.37. The molecule has 0 saturated carbocycles. The van der Waals surface area contributed by atoms with E-state index in [-0.39, 0.29) is 0 Å². The van der Waals surface area contributed by atoms with Gasteiger partial charge >= 0.3 is 0 Å². The average molecular weight is 294 g/mol. The van der Waals surface area contributed by atoms with E-state index in [4.69, 9.17) is 5.73 Å². The Hall–Kier alpha value is -2.13. The highest BCUT2D eigenvalue weighted by atomic mass is 32.2. The molecule has 21 heavy (non-hydrogen) atoms. The first-order chi connectivity index (χ1) is 10.0. The summed E-state index contributed by atoms with van der Waals surface area (Å²) in [5.74, 6) is 0. The monoisotopic (exact) mass is 294 g/mol. The second-order valence-electron chi connectivity index (χ2n) is 5.25. The van der Waals surface area contributed by atoms with E-state index in [1.807, 2.05) is 12.1 Å². The van der Waals surface area contributed by atoms with Gasteiger partial charge in [0.25, 0.3) is 0 Å². The molecule has 0 aliphatic carbocycles. The van der Waals surface area contributed by atoms with Gasteiger partial charge in [0.2, 0.25) is 0 Å². The van der Waals surface area contributed by atoms with Crippen molar-refractivity contribution in [2.75, 3.05) is 17.7 Å². The van der Waals surface area contributed by atoms with Crippen LogP contribution in [0.1, 0.15) is 11.1 Å². The highest BCUT2D eigenvalue weighted by Crippen LogP contribution is 2.43. The second kappa shape index (κ2) is 5.34. The molecule has 0 fully saturated rings. The van der Waals surface area contributed by atoms with Crippen LogP contribution in [-0.2, 0) is 0 Å². The fourth-order valence-corrected chi connectivity index (χ4v) is 3.36. The van der Waals surface area contributed by atoms with Crippen molar-refractivity contribution in [3.63, 3.8) is 0 Å². The summed E-state index contributed by atoms with van der Waals surface area (Å²) in [4.78, 5) is 4.53. The van der Waals surface area contributed by atoms with E-state index < -0.39 is 0 Å². The van der Waals surface area contributed by atoms with E-state index >= 15 is 0 Å². The number of benzene rings is 2. The predicted octanol–water partition coefficient (Wildman–Crippen LogP) is 4.67. The van der Waals surface area contributed by atoms with Crippen LogP contribution in [0.5, 0.6) is 0 Å². The van der Waals surface area contributed by atoms with Crippen molar-refractivity contribution in [2.45, 2.75) is 11.8 Å². The number of thioether (sulfide) groups is 1. The number of nitrogens with two attached hydrogens (primary N) is 1.